The maximum absolute atomic E-state index is 11.4. The van der Waals surface area contributed by atoms with Gasteiger partial charge in [0.15, 0.2) is 0 Å². The van der Waals surface area contributed by atoms with Crippen LogP contribution in [0.15, 0.2) is 24.3 Å². The molecule has 1 atom stereocenters. The van der Waals surface area contributed by atoms with Crippen LogP contribution in [-0.4, -0.2) is 36.0 Å². The Morgan fingerprint density at radius 3 is 2.27 bits per heavy atom. The first-order chi connectivity index (χ1) is 10.5. The SMILES string of the molecule is O=C(O)CC(c1ccc(N2CC(=O)NC(=O)C2)cc1)C1CC1. The maximum atomic E-state index is 11.4. The van der Waals surface area contributed by atoms with E-state index in [1.165, 1.54) is 0 Å². The number of benzene rings is 1. The van der Waals surface area contributed by atoms with E-state index in [1.54, 1.807) is 4.90 Å². The van der Waals surface area contributed by atoms with Crippen LogP contribution in [0.1, 0.15) is 30.7 Å². The zero-order valence-electron chi connectivity index (χ0n) is 12.1. The molecule has 1 heterocycles. The second kappa shape index (κ2) is 5.79. The van der Waals surface area contributed by atoms with Crippen LogP contribution in [0.4, 0.5) is 5.69 Å². The van der Waals surface area contributed by atoms with Gasteiger partial charge in [-0.25, -0.2) is 0 Å². The van der Waals surface area contributed by atoms with Crippen LogP contribution < -0.4 is 10.2 Å². The van der Waals surface area contributed by atoms with Crippen molar-refractivity contribution in [2.24, 2.45) is 5.92 Å². The number of anilines is 1. The lowest BCUT2D eigenvalue weighted by molar-refractivity contribution is -0.137. The number of nitrogens with one attached hydrogen (secondary N) is 1. The minimum atomic E-state index is -0.778. The first-order valence-electron chi connectivity index (χ1n) is 7.42. The van der Waals surface area contributed by atoms with Crippen molar-refractivity contribution in [1.29, 1.82) is 0 Å². The molecular weight excluding hydrogens is 284 g/mol. The molecule has 1 aliphatic heterocycles. The summed E-state index contributed by atoms with van der Waals surface area (Å²) in [7, 11) is 0. The van der Waals surface area contributed by atoms with Gasteiger partial charge in [-0.1, -0.05) is 12.1 Å². The highest BCUT2D eigenvalue weighted by molar-refractivity contribution is 6.02. The molecule has 2 amide bonds. The molecule has 1 aliphatic carbocycles. The van der Waals surface area contributed by atoms with Crippen molar-refractivity contribution in [2.75, 3.05) is 18.0 Å². The maximum Gasteiger partial charge on any atom is 0.303 e. The summed E-state index contributed by atoms with van der Waals surface area (Å²) in [5, 5.41) is 11.3. The van der Waals surface area contributed by atoms with Crippen LogP contribution in [0, 0.1) is 5.92 Å². The zero-order chi connectivity index (χ0) is 15.7. The average Bonchev–Trinajstić information content (AvgIpc) is 3.28. The number of piperazine rings is 1. The predicted molar refractivity (Wildman–Crippen MR) is 79.5 cm³/mol. The van der Waals surface area contributed by atoms with Gasteiger partial charge in [0, 0.05) is 5.69 Å². The van der Waals surface area contributed by atoms with Gasteiger partial charge in [0.05, 0.1) is 19.5 Å². The summed E-state index contributed by atoms with van der Waals surface area (Å²) in [4.78, 5) is 35.6. The Kier molecular flexibility index (Phi) is 3.83. The third-order valence-corrected chi connectivity index (χ3v) is 4.22. The second-order valence-corrected chi connectivity index (χ2v) is 5.96. The summed E-state index contributed by atoms with van der Waals surface area (Å²) >= 11 is 0. The fourth-order valence-electron chi connectivity index (χ4n) is 3.00. The molecule has 1 aromatic rings. The van der Waals surface area contributed by atoms with Crippen molar-refractivity contribution < 1.29 is 19.5 Å². The molecule has 1 unspecified atom stereocenters. The molecule has 0 aromatic heterocycles. The van der Waals surface area contributed by atoms with Gasteiger partial charge in [-0.3, -0.25) is 19.7 Å². The summed E-state index contributed by atoms with van der Waals surface area (Å²) in [6, 6.07) is 7.55. The Hall–Kier alpha value is -2.37. The zero-order valence-corrected chi connectivity index (χ0v) is 12.1. The summed E-state index contributed by atoms with van der Waals surface area (Å²) in [5.41, 5.74) is 1.82. The van der Waals surface area contributed by atoms with Crippen LogP contribution >= 0.6 is 0 Å². The Morgan fingerprint density at radius 1 is 1.18 bits per heavy atom. The third kappa shape index (κ3) is 3.27. The van der Waals surface area contributed by atoms with Crippen LogP contribution in [0.2, 0.25) is 0 Å². The number of hydrogen-bond acceptors (Lipinski definition) is 4. The van der Waals surface area contributed by atoms with Crippen molar-refractivity contribution in [3.63, 3.8) is 0 Å². The second-order valence-electron chi connectivity index (χ2n) is 5.96. The highest BCUT2D eigenvalue weighted by atomic mass is 16.4. The molecule has 0 spiro atoms. The Balaban J connectivity index is 1.75. The van der Waals surface area contributed by atoms with Crippen LogP contribution in [-0.2, 0) is 14.4 Å². The monoisotopic (exact) mass is 302 g/mol. The van der Waals surface area contributed by atoms with E-state index in [0.29, 0.717) is 5.92 Å². The fourth-order valence-corrected chi connectivity index (χ4v) is 3.00. The van der Waals surface area contributed by atoms with Gasteiger partial charge in [0.2, 0.25) is 11.8 Å². The predicted octanol–water partition coefficient (Wildman–Crippen LogP) is 1.12. The quantitative estimate of drug-likeness (QED) is 0.796. The summed E-state index contributed by atoms with van der Waals surface area (Å²) in [5.74, 6) is -0.870. The molecule has 3 rings (SSSR count). The summed E-state index contributed by atoms with van der Waals surface area (Å²) in [6.45, 7) is 0.318. The first kappa shape index (κ1) is 14.6. The summed E-state index contributed by atoms with van der Waals surface area (Å²) < 4.78 is 0. The van der Waals surface area contributed by atoms with Gasteiger partial charge < -0.3 is 10.0 Å². The topological polar surface area (TPSA) is 86.7 Å². The van der Waals surface area contributed by atoms with E-state index < -0.39 is 5.97 Å². The molecule has 1 saturated heterocycles. The highest BCUT2D eigenvalue weighted by Gasteiger charge is 2.33. The number of hydrogen-bond donors (Lipinski definition) is 2. The number of rotatable bonds is 5. The van der Waals surface area contributed by atoms with Crippen molar-refractivity contribution >= 4 is 23.5 Å². The molecule has 0 radical (unpaired) electrons. The van der Waals surface area contributed by atoms with E-state index in [-0.39, 0.29) is 37.2 Å². The number of carbonyl (C=O) groups excluding carboxylic acids is 2. The molecule has 6 nitrogen and oxygen atoms in total. The van der Waals surface area contributed by atoms with Gasteiger partial charge in [-0.2, -0.15) is 0 Å². The van der Waals surface area contributed by atoms with E-state index in [9.17, 15) is 14.4 Å². The Morgan fingerprint density at radius 2 is 1.77 bits per heavy atom. The standard InChI is InChI=1S/C16H18N2O4/c19-14-8-18(9-15(20)17-14)12-5-3-11(4-6-12)13(7-16(21)22)10-1-2-10/h3-6,10,13H,1-2,7-9H2,(H,21,22)(H,17,19,20). The first-order valence-corrected chi connectivity index (χ1v) is 7.42. The third-order valence-electron chi connectivity index (χ3n) is 4.22. The van der Waals surface area contributed by atoms with E-state index in [4.69, 9.17) is 5.11 Å². The number of amides is 2. The lowest BCUT2D eigenvalue weighted by atomic mass is 9.91. The van der Waals surface area contributed by atoms with Crippen molar-refractivity contribution in [2.45, 2.75) is 25.2 Å². The Bertz CT molecular complexity index is 591. The van der Waals surface area contributed by atoms with Crippen molar-refractivity contribution in [1.82, 2.24) is 5.32 Å². The molecule has 22 heavy (non-hydrogen) atoms. The lowest BCUT2D eigenvalue weighted by Crippen LogP contribution is -2.51. The number of carboxylic acid groups (broad SMARTS) is 1. The number of nitrogens with zero attached hydrogens (tertiary/aromatic N) is 1. The molecular formula is C16H18N2O4. The van der Waals surface area contributed by atoms with Crippen molar-refractivity contribution in [3.8, 4) is 0 Å². The van der Waals surface area contributed by atoms with E-state index >= 15 is 0 Å². The molecule has 0 bridgehead atoms. The largest absolute Gasteiger partial charge is 0.481 e. The van der Waals surface area contributed by atoms with Gasteiger partial charge in [-0.05, 0) is 42.4 Å². The minimum absolute atomic E-state index is 0.0536. The van der Waals surface area contributed by atoms with E-state index in [2.05, 4.69) is 5.32 Å². The molecule has 2 fully saturated rings. The van der Waals surface area contributed by atoms with Gasteiger partial charge in [0.25, 0.3) is 0 Å². The molecule has 116 valence electrons. The fraction of sp³-hybridized carbons (Fsp3) is 0.438. The number of carbonyl (C=O) groups is 3. The lowest BCUT2D eigenvalue weighted by Gasteiger charge is -2.27. The minimum Gasteiger partial charge on any atom is -0.481 e. The molecule has 6 heteroatoms. The highest BCUT2D eigenvalue weighted by Crippen LogP contribution is 2.44. The van der Waals surface area contributed by atoms with Gasteiger partial charge in [-0.15, -0.1) is 0 Å². The van der Waals surface area contributed by atoms with E-state index in [1.807, 2.05) is 24.3 Å². The smallest absolute Gasteiger partial charge is 0.303 e. The molecule has 2 aliphatic rings. The van der Waals surface area contributed by atoms with Crippen LogP contribution in [0.5, 0.6) is 0 Å². The van der Waals surface area contributed by atoms with Crippen LogP contribution in [0.3, 0.4) is 0 Å². The van der Waals surface area contributed by atoms with E-state index in [0.717, 1.165) is 24.1 Å². The number of imide groups is 1. The van der Waals surface area contributed by atoms with Gasteiger partial charge >= 0.3 is 5.97 Å². The van der Waals surface area contributed by atoms with Gasteiger partial charge in [0.1, 0.15) is 0 Å². The summed E-state index contributed by atoms with van der Waals surface area (Å²) in [6.07, 6.45) is 2.32. The van der Waals surface area contributed by atoms with Crippen molar-refractivity contribution in [3.05, 3.63) is 29.8 Å². The average molecular weight is 302 g/mol. The normalized spacial score (nSPS) is 19.7. The molecule has 2 N–H and O–H groups in total. The Labute approximate surface area is 128 Å². The molecule has 1 saturated carbocycles. The number of aliphatic carboxylic acids is 1. The number of carboxylic acids is 1. The van der Waals surface area contributed by atoms with Crippen LogP contribution in [0.25, 0.3) is 0 Å². The molecule has 1 aromatic carbocycles.